The maximum Gasteiger partial charge on any atom is 0.253 e. The number of carbonyl (C=O) groups excluding carboxylic acids is 2. The van der Waals surface area contributed by atoms with Crippen LogP contribution in [0.1, 0.15) is 22.2 Å². The first-order valence-corrected chi connectivity index (χ1v) is 6.22. The Hall–Kier alpha value is -1.24. The fraction of sp³-hybridized carbons (Fsp3) is 0.667. The zero-order valence-electron chi connectivity index (χ0n) is 11.3. The molecule has 2 heterocycles. The maximum atomic E-state index is 10.7. The van der Waals surface area contributed by atoms with E-state index in [4.69, 9.17) is 10.9 Å². The van der Waals surface area contributed by atoms with Crippen LogP contribution in [0.15, 0.2) is 12.2 Å². The van der Waals surface area contributed by atoms with Crippen LogP contribution in [-0.2, 0) is 9.59 Å². The molecule has 0 aromatic rings. The quantitative estimate of drug-likeness (QED) is 0.704. The standard InChI is InChI=1S/C6H8N2O2.C4H9NO.C2H6.H2/c7-3-4-8-5(9)1-2-6(8)10;1-4-2-5(6)3-4;1-2;/h1-2H,3-4,7H2;4,6H,2-3H2,1H3;1-2H3;1H. The average Bonchev–Trinajstić information content (AvgIpc) is 2.63. The van der Waals surface area contributed by atoms with Crippen molar-refractivity contribution in [2.45, 2.75) is 20.8 Å². The molecule has 0 bridgehead atoms. The topological polar surface area (TPSA) is 86.9 Å². The summed E-state index contributed by atoms with van der Waals surface area (Å²) in [4.78, 5) is 22.6. The summed E-state index contributed by atoms with van der Waals surface area (Å²) in [5.41, 5.74) is 5.16. The van der Waals surface area contributed by atoms with Crippen LogP contribution in [0.3, 0.4) is 0 Å². The third-order valence-electron chi connectivity index (χ3n) is 2.30. The first-order chi connectivity index (χ1) is 8.54. The Morgan fingerprint density at radius 3 is 2.00 bits per heavy atom. The number of hydroxylamine groups is 2. The summed E-state index contributed by atoms with van der Waals surface area (Å²) >= 11 is 0. The van der Waals surface area contributed by atoms with Gasteiger partial charge in [-0.2, -0.15) is 5.06 Å². The van der Waals surface area contributed by atoms with Crippen LogP contribution in [0, 0.1) is 5.92 Å². The van der Waals surface area contributed by atoms with Gasteiger partial charge in [-0.15, -0.1) is 0 Å². The van der Waals surface area contributed by atoms with Crippen molar-refractivity contribution >= 4 is 11.8 Å². The molecule has 0 aliphatic carbocycles. The number of amides is 2. The summed E-state index contributed by atoms with van der Waals surface area (Å²) in [5.74, 6) is 0.181. The molecule has 0 aromatic carbocycles. The largest absolute Gasteiger partial charge is 0.329 e. The van der Waals surface area contributed by atoms with Crippen LogP contribution < -0.4 is 5.73 Å². The van der Waals surface area contributed by atoms with Gasteiger partial charge in [-0.1, -0.05) is 20.8 Å². The Morgan fingerprint density at radius 2 is 1.78 bits per heavy atom. The molecule has 6 heteroatoms. The summed E-state index contributed by atoms with van der Waals surface area (Å²) in [7, 11) is 0. The molecule has 0 unspecified atom stereocenters. The highest BCUT2D eigenvalue weighted by Crippen LogP contribution is 2.09. The molecule has 0 saturated carbocycles. The lowest BCUT2D eigenvalue weighted by atomic mass is 10.1. The van der Waals surface area contributed by atoms with E-state index in [-0.39, 0.29) is 13.2 Å². The Balaban J connectivity index is 0. The molecule has 0 aromatic heterocycles. The number of carbonyl (C=O) groups is 2. The highest BCUT2D eigenvalue weighted by molar-refractivity contribution is 6.12. The van der Waals surface area contributed by atoms with E-state index in [1.807, 2.05) is 13.8 Å². The van der Waals surface area contributed by atoms with Crippen LogP contribution in [0.5, 0.6) is 0 Å². The van der Waals surface area contributed by atoms with Gasteiger partial charge in [0.05, 0.1) is 0 Å². The fourth-order valence-electron chi connectivity index (χ4n) is 1.45. The zero-order chi connectivity index (χ0) is 14.1. The van der Waals surface area contributed by atoms with E-state index in [2.05, 4.69) is 6.92 Å². The second-order valence-electron chi connectivity index (χ2n) is 3.93. The minimum absolute atomic E-state index is 0. The lowest BCUT2D eigenvalue weighted by molar-refractivity contribution is -0.163. The van der Waals surface area contributed by atoms with E-state index < -0.39 is 0 Å². The number of nitrogens with two attached hydrogens (primary N) is 1. The summed E-state index contributed by atoms with van der Waals surface area (Å²) in [5, 5.41) is 9.78. The zero-order valence-corrected chi connectivity index (χ0v) is 11.3. The first-order valence-electron chi connectivity index (χ1n) is 6.22. The van der Waals surface area contributed by atoms with Gasteiger partial charge in [-0.3, -0.25) is 14.5 Å². The van der Waals surface area contributed by atoms with Crippen LogP contribution in [-0.4, -0.2) is 53.2 Å². The third-order valence-corrected chi connectivity index (χ3v) is 2.30. The van der Waals surface area contributed by atoms with Gasteiger partial charge in [0.1, 0.15) is 0 Å². The second-order valence-corrected chi connectivity index (χ2v) is 3.93. The molecule has 2 rings (SSSR count). The Labute approximate surface area is 109 Å². The number of rotatable bonds is 2. The van der Waals surface area contributed by atoms with E-state index in [0.717, 1.165) is 23.9 Å². The number of hydrogen-bond donors (Lipinski definition) is 2. The third kappa shape index (κ3) is 5.39. The normalized spacial score (nSPS) is 18.8. The van der Waals surface area contributed by atoms with E-state index in [0.29, 0.717) is 13.1 Å². The van der Waals surface area contributed by atoms with Crippen molar-refractivity contribution in [3.05, 3.63) is 12.2 Å². The van der Waals surface area contributed by atoms with E-state index in [9.17, 15) is 9.59 Å². The molecule has 2 aliphatic rings. The predicted molar refractivity (Wildman–Crippen MR) is 70.9 cm³/mol. The molecule has 3 N–H and O–H groups in total. The predicted octanol–water partition coefficient (Wildman–Crippen LogP) is 0.470. The Kier molecular flexibility index (Phi) is 8.19. The monoisotopic (exact) mass is 259 g/mol. The van der Waals surface area contributed by atoms with E-state index in [1.165, 1.54) is 17.2 Å². The molecule has 106 valence electrons. The smallest absolute Gasteiger partial charge is 0.253 e. The SMILES string of the molecule is CC.CC1CN(O)C1.NCCN1C(=O)C=CC1=O.[HH]. The van der Waals surface area contributed by atoms with Gasteiger partial charge < -0.3 is 10.9 Å². The van der Waals surface area contributed by atoms with Crippen LogP contribution in [0.25, 0.3) is 0 Å². The molecule has 18 heavy (non-hydrogen) atoms. The van der Waals surface area contributed by atoms with Crippen LogP contribution in [0.4, 0.5) is 0 Å². The van der Waals surface area contributed by atoms with Gasteiger partial charge in [-0.25, -0.2) is 0 Å². The molecular weight excluding hydrogens is 234 g/mol. The lowest BCUT2D eigenvalue weighted by Crippen LogP contribution is -2.42. The summed E-state index contributed by atoms with van der Waals surface area (Å²) in [6.45, 7) is 8.47. The van der Waals surface area contributed by atoms with Gasteiger partial charge in [-0.05, 0) is 5.92 Å². The maximum absolute atomic E-state index is 10.7. The Morgan fingerprint density at radius 1 is 1.33 bits per heavy atom. The molecule has 0 radical (unpaired) electrons. The van der Waals surface area contributed by atoms with Crippen molar-refractivity contribution in [3.8, 4) is 0 Å². The number of hydrogen-bond acceptors (Lipinski definition) is 5. The van der Waals surface area contributed by atoms with Crippen molar-refractivity contribution in [1.29, 1.82) is 0 Å². The van der Waals surface area contributed by atoms with Gasteiger partial charge in [0.2, 0.25) is 0 Å². The first kappa shape index (κ1) is 16.8. The molecule has 2 amide bonds. The average molecular weight is 259 g/mol. The van der Waals surface area contributed by atoms with Gasteiger partial charge >= 0.3 is 0 Å². The molecule has 0 spiro atoms. The van der Waals surface area contributed by atoms with Crippen molar-refractivity contribution in [3.63, 3.8) is 0 Å². The lowest BCUT2D eigenvalue weighted by Gasteiger charge is -2.30. The molecular formula is C12H25N3O3. The van der Waals surface area contributed by atoms with Crippen molar-refractivity contribution in [2.75, 3.05) is 26.2 Å². The van der Waals surface area contributed by atoms with Crippen molar-refractivity contribution < 1.29 is 16.2 Å². The minimum atomic E-state index is -0.268. The van der Waals surface area contributed by atoms with Crippen LogP contribution in [0.2, 0.25) is 0 Å². The molecule has 1 saturated heterocycles. The number of imide groups is 1. The highest BCUT2D eigenvalue weighted by Gasteiger charge is 2.21. The molecule has 6 nitrogen and oxygen atoms in total. The van der Waals surface area contributed by atoms with Gasteiger partial charge in [0.25, 0.3) is 11.8 Å². The van der Waals surface area contributed by atoms with Crippen molar-refractivity contribution in [1.82, 2.24) is 9.96 Å². The minimum Gasteiger partial charge on any atom is -0.329 e. The summed E-state index contributed by atoms with van der Waals surface area (Å²) in [6, 6.07) is 0. The summed E-state index contributed by atoms with van der Waals surface area (Å²) in [6.07, 6.45) is 2.50. The van der Waals surface area contributed by atoms with Gasteiger partial charge in [0, 0.05) is 39.8 Å². The Bertz CT molecular complexity index is 281. The van der Waals surface area contributed by atoms with Gasteiger partial charge in [0.15, 0.2) is 0 Å². The van der Waals surface area contributed by atoms with E-state index >= 15 is 0 Å². The van der Waals surface area contributed by atoms with Crippen LogP contribution >= 0.6 is 0 Å². The van der Waals surface area contributed by atoms with Crippen molar-refractivity contribution in [2.24, 2.45) is 11.7 Å². The molecule has 2 aliphatic heterocycles. The highest BCUT2D eigenvalue weighted by atomic mass is 16.5. The summed E-state index contributed by atoms with van der Waals surface area (Å²) < 4.78 is 0. The van der Waals surface area contributed by atoms with E-state index in [1.54, 1.807) is 0 Å². The molecule has 0 atom stereocenters. The fourth-order valence-corrected chi connectivity index (χ4v) is 1.45. The molecule has 1 fully saturated rings. The number of nitrogens with zero attached hydrogens (tertiary/aromatic N) is 2. The second kappa shape index (κ2) is 8.79.